The van der Waals surface area contributed by atoms with Crippen molar-refractivity contribution in [2.45, 2.75) is 6.42 Å². The van der Waals surface area contributed by atoms with Gasteiger partial charge in [-0.1, -0.05) is 24.3 Å². The van der Waals surface area contributed by atoms with Gasteiger partial charge in [-0.15, -0.1) is 0 Å². The number of amides is 2. The van der Waals surface area contributed by atoms with E-state index in [1.165, 1.54) is 24.3 Å². The predicted octanol–water partition coefficient (Wildman–Crippen LogP) is 5.01. The van der Waals surface area contributed by atoms with Gasteiger partial charge in [0.15, 0.2) is 0 Å². The van der Waals surface area contributed by atoms with Crippen LogP contribution in [-0.2, 0) is 11.2 Å². The van der Waals surface area contributed by atoms with Gasteiger partial charge in [-0.05, 0) is 54.1 Å². The number of rotatable bonds is 6. The van der Waals surface area contributed by atoms with Crippen LogP contribution >= 0.6 is 0 Å². The number of methoxy groups -OCH3 is 1. The molecule has 0 aliphatic heterocycles. The highest BCUT2D eigenvalue weighted by molar-refractivity contribution is 6.14. The molecular weight excluding hydrogens is 399 g/mol. The number of anilines is 2. The summed E-state index contributed by atoms with van der Waals surface area (Å²) >= 11 is 0. The van der Waals surface area contributed by atoms with Gasteiger partial charge in [-0.25, -0.2) is 4.39 Å². The molecule has 7 heteroatoms. The first kappa shape index (κ1) is 20.2. The molecule has 0 saturated carbocycles. The van der Waals surface area contributed by atoms with E-state index < -0.39 is 11.7 Å². The van der Waals surface area contributed by atoms with Crippen LogP contribution in [0.15, 0.2) is 77.2 Å². The molecule has 0 fully saturated rings. The zero-order valence-electron chi connectivity index (χ0n) is 16.6. The molecule has 1 heterocycles. The van der Waals surface area contributed by atoms with E-state index in [4.69, 9.17) is 9.15 Å². The van der Waals surface area contributed by atoms with E-state index in [9.17, 15) is 14.0 Å². The van der Waals surface area contributed by atoms with Crippen LogP contribution in [0.25, 0.3) is 11.0 Å². The molecule has 0 bridgehead atoms. The SMILES string of the molecule is COc1ccc(CC(=O)Nc2c(C(=O)Nc3ccc(F)cc3)oc3ccccc23)cc1. The second-order valence-corrected chi connectivity index (χ2v) is 6.84. The normalized spacial score (nSPS) is 10.6. The molecule has 3 aromatic carbocycles. The molecule has 2 N–H and O–H groups in total. The Hall–Kier alpha value is -4.13. The lowest BCUT2D eigenvalue weighted by molar-refractivity contribution is -0.115. The third-order valence-electron chi connectivity index (χ3n) is 4.69. The highest BCUT2D eigenvalue weighted by Crippen LogP contribution is 2.31. The molecule has 156 valence electrons. The molecule has 4 aromatic rings. The molecule has 0 aliphatic carbocycles. The smallest absolute Gasteiger partial charge is 0.293 e. The lowest BCUT2D eigenvalue weighted by Crippen LogP contribution is -2.18. The van der Waals surface area contributed by atoms with Gasteiger partial charge in [0.25, 0.3) is 5.91 Å². The van der Waals surface area contributed by atoms with E-state index in [2.05, 4.69) is 10.6 Å². The summed E-state index contributed by atoms with van der Waals surface area (Å²) in [4.78, 5) is 25.5. The highest BCUT2D eigenvalue weighted by atomic mass is 19.1. The van der Waals surface area contributed by atoms with Gasteiger partial charge in [0, 0.05) is 11.1 Å². The van der Waals surface area contributed by atoms with Gasteiger partial charge in [-0.2, -0.15) is 0 Å². The quantitative estimate of drug-likeness (QED) is 0.461. The average molecular weight is 418 g/mol. The van der Waals surface area contributed by atoms with Gasteiger partial charge in [-0.3, -0.25) is 9.59 Å². The number of hydrogen-bond acceptors (Lipinski definition) is 4. The molecule has 0 spiro atoms. The fourth-order valence-electron chi connectivity index (χ4n) is 3.16. The Bertz CT molecular complexity index is 1230. The van der Waals surface area contributed by atoms with E-state index in [0.717, 1.165) is 5.56 Å². The van der Waals surface area contributed by atoms with Crippen LogP contribution in [0.4, 0.5) is 15.8 Å². The molecule has 0 saturated heterocycles. The van der Waals surface area contributed by atoms with E-state index in [-0.39, 0.29) is 23.8 Å². The lowest BCUT2D eigenvalue weighted by atomic mass is 10.1. The summed E-state index contributed by atoms with van der Waals surface area (Å²) in [5.41, 5.74) is 1.95. The minimum atomic E-state index is -0.553. The Balaban J connectivity index is 1.58. The van der Waals surface area contributed by atoms with Crippen LogP contribution < -0.4 is 15.4 Å². The summed E-state index contributed by atoms with van der Waals surface area (Å²) < 4.78 is 24.0. The van der Waals surface area contributed by atoms with Gasteiger partial charge < -0.3 is 19.8 Å². The summed E-state index contributed by atoms with van der Waals surface area (Å²) in [6.45, 7) is 0. The van der Waals surface area contributed by atoms with Gasteiger partial charge in [0.2, 0.25) is 11.7 Å². The molecule has 4 rings (SSSR count). The monoisotopic (exact) mass is 418 g/mol. The van der Waals surface area contributed by atoms with Crippen molar-refractivity contribution in [2.75, 3.05) is 17.7 Å². The van der Waals surface area contributed by atoms with E-state index in [1.54, 1.807) is 55.6 Å². The Morgan fingerprint density at radius 2 is 1.65 bits per heavy atom. The highest BCUT2D eigenvalue weighted by Gasteiger charge is 2.22. The number of furan rings is 1. The van der Waals surface area contributed by atoms with Crippen molar-refractivity contribution in [1.29, 1.82) is 0 Å². The molecule has 0 radical (unpaired) electrons. The maximum absolute atomic E-state index is 13.1. The topological polar surface area (TPSA) is 80.6 Å². The lowest BCUT2D eigenvalue weighted by Gasteiger charge is -2.08. The van der Waals surface area contributed by atoms with Crippen molar-refractivity contribution < 1.29 is 23.1 Å². The third kappa shape index (κ3) is 4.56. The Morgan fingerprint density at radius 3 is 2.35 bits per heavy atom. The molecule has 0 aliphatic rings. The molecule has 0 atom stereocenters. The van der Waals surface area contributed by atoms with Crippen molar-refractivity contribution in [3.8, 4) is 5.75 Å². The minimum absolute atomic E-state index is 0.0337. The molecule has 1 aromatic heterocycles. The zero-order chi connectivity index (χ0) is 21.8. The predicted molar refractivity (Wildman–Crippen MR) is 116 cm³/mol. The number of para-hydroxylation sites is 1. The van der Waals surface area contributed by atoms with E-state index in [0.29, 0.717) is 22.4 Å². The van der Waals surface area contributed by atoms with Crippen molar-refractivity contribution in [1.82, 2.24) is 0 Å². The average Bonchev–Trinajstić information content (AvgIpc) is 3.14. The van der Waals surface area contributed by atoms with Crippen molar-refractivity contribution in [2.24, 2.45) is 0 Å². The number of benzene rings is 3. The first-order chi connectivity index (χ1) is 15.0. The molecule has 31 heavy (non-hydrogen) atoms. The van der Waals surface area contributed by atoms with Crippen molar-refractivity contribution in [3.05, 3.63) is 89.9 Å². The fraction of sp³-hybridized carbons (Fsp3) is 0.0833. The van der Waals surface area contributed by atoms with Crippen LogP contribution in [0.5, 0.6) is 5.75 Å². The van der Waals surface area contributed by atoms with Crippen LogP contribution in [0.3, 0.4) is 0 Å². The second kappa shape index (κ2) is 8.71. The maximum Gasteiger partial charge on any atom is 0.293 e. The summed E-state index contributed by atoms with van der Waals surface area (Å²) in [6.07, 6.45) is 0.114. The molecule has 0 unspecified atom stereocenters. The van der Waals surface area contributed by atoms with Crippen LogP contribution in [0.2, 0.25) is 0 Å². The summed E-state index contributed by atoms with van der Waals surface area (Å²) in [5, 5.41) is 6.07. The molecule has 2 amide bonds. The van der Waals surface area contributed by atoms with E-state index in [1.807, 2.05) is 0 Å². The third-order valence-corrected chi connectivity index (χ3v) is 4.69. The van der Waals surface area contributed by atoms with Gasteiger partial charge >= 0.3 is 0 Å². The van der Waals surface area contributed by atoms with Gasteiger partial charge in [0.1, 0.15) is 22.8 Å². The first-order valence-electron chi connectivity index (χ1n) is 9.55. The van der Waals surface area contributed by atoms with Crippen LogP contribution in [-0.4, -0.2) is 18.9 Å². The van der Waals surface area contributed by atoms with Crippen molar-refractivity contribution >= 4 is 34.2 Å². The van der Waals surface area contributed by atoms with E-state index >= 15 is 0 Å². The maximum atomic E-state index is 13.1. The number of carbonyl (C=O) groups excluding carboxylic acids is 2. The van der Waals surface area contributed by atoms with Crippen molar-refractivity contribution in [3.63, 3.8) is 0 Å². The van der Waals surface area contributed by atoms with Crippen LogP contribution in [0.1, 0.15) is 16.1 Å². The number of carbonyl (C=O) groups is 2. The number of fused-ring (bicyclic) bond motifs is 1. The van der Waals surface area contributed by atoms with Crippen LogP contribution in [0, 0.1) is 5.82 Å². The first-order valence-corrected chi connectivity index (χ1v) is 9.55. The largest absolute Gasteiger partial charge is 0.497 e. The fourth-order valence-corrected chi connectivity index (χ4v) is 3.16. The Labute approximate surface area is 177 Å². The standard InChI is InChI=1S/C24H19FN2O4/c1-30-18-12-6-15(7-13-18)14-21(28)27-22-19-4-2-3-5-20(19)31-23(22)24(29)26-17-10-8-16(25)9-11-17/h2-13H,14H2,1H3,(H,26,29)(H,27,28). The summed E-state index contributed by atoms with van der Waals surface area (Å²) in [5.74, 6) is -0.596. The number of hydrogen-bond donors (Lipinski definition) is 2. The minimum Gasteiger partial charge on any atom is -0.497 e. The molecule has 6 nitrogen and oxygen atoms in total. The summed E-state index contributed by atoms with van der Waals surface area (Å²) in [6, 6.07) is 19.6. The number of ether oxygens (including phenoxy) is 1. The number of halogens is 1. The zero-order valence-corrected chi connectivity index (χ0v) is 16.6. The van der Waals surface area contributed by atoms with Gasteiger partial charge in [0.05, 0.1) is 13.5 Å². The molecular formula is C24H19FN2O4. The second-order valence-electron chi connectivity index (χ2n) is 6.84. The Kier molecular flexibility index (Phi) is 5.66. The number of nitrogens with one attached hydrogen (secondary N) is 2. The Morgan fingerprint density at radius 1 is 0.935 bits per heavy atom. The summed E-state index contributed by atoms with van der Waals surface area (Å²) in [7, 11) is 1.57.